The van der Waals surface area contributed by atoms with Gasteiger partial charge in [-0.05, 0) is 41.3 Å². The number of nitrogens with one attached hydrogen (secondary N) is 3. The highest BCUT2D eigenvalue weighted by atomic mass is 16.2. The molecule has 4 amide bonds. The summed E-state index contributed by atoms with van der Waals surface area (Å²) in [7, 11) is 0. The van der Waals surface area contributed by atoms with Crippen molar-refractivity contribution in [1.29, 1.82) is 0 Å². The molecule has 0 radical (unpaired) electrons. The molecule has 5 rings (SSSR count). The summed E-state index contributed by atoms with van der Waals surface area (Å²) in [5, 5.41) is 8.54. The van der Waals surface area contributed by atoms with Crippen LogP contribution < -0.4 is 16.0 Å². The van der Waals surface area contributed by atoms with Crippen LogP contribution in [0.2, 0.25) is 0 Å². The molecule has 1 saturated heterocycles. The molecule has 3 N–H and O–H groups in total. The van der Waals surface area contributed by atoms with Crippen molar-refractivity contribution in [1.82, 2.24) is 15.5 Å². The van der Waals surface area contributed by atoms with Gasteiger partial charge in [-0.1, -0.05) is 18.2 Å². The van der Waals surface area contributed by atoms with Crippen LogP contribution in [0, 0.1) is 0 Å². The molecule has 0 aromatic heterocycles. The van der Waals surface area contributed by atoms with Gasteiger partial charge in [0.1, 0.15) is 6.04 Å². The number of nitrogens with zero attached hydrogens (tertiary/aromatic N) is 1. The van der Waals surface area contributed by atoms with Crippen molar-refractivity contribution in [3.63, 3.8) is 0 Å². The summed E-state index contributed by atoms with van der Waals surface area (Å²) in [6, 6.07) is 10.1. The van der Waals surface area contributed by atoms with Gasteiger partial charge >= 0.3 is 0 Å². The minimum Gasteiger partial charge on any atom is -0.322 e. The molecule has 1 unspecified atom stereocenters. The summed E-state index contributed by atoms with van der Waals surface area (Å²) in [6.07, 6.45) is 0.478. The number of anilines is 1. The minimum absolute atomic E-state index is 0.165. The second-order valence-electron chi connectivity index (χ2n) is 7.73. The molecule has 0 bridgehead atoms. The van der Waals surface area contributed by atoms with Crippen LogP contribution in [0.4, 0.5) is 5.69 Å². The molecule has 1 atom stereocenters. The Morgan fingerprint density at radius 2 is 1.87 bits per heavy atom. The third-order valence-electron chi connectivity index (χ3n) is 5.97. The van der Waals surface area contributed by atoms with E-state index >= 15 is 0 Å². The van der Waals surface area contributed by atoms with E-state index < -0.39 is 11.9 Å². The van der Waals surface area contributed by atoms with Gasteiger partial charge in [0.25, 0.3) is 11.8 Å². The van der Waals surface area contributed by atoms with E-state index in [4.69, 9.17) is 0 Å². The van der Waals surface area contributed by atoms with Gasteiger partial charge in [0.05, 0.1) is 0 Å². The van der Waals surface area contributed by atoms with E-state index in [1.54, 1.807) is 18.2 Å². The number of benzene rings is 2. The van der Waals surface area contributed by atoms with Gasteiger partial charge < -0.3 is 15.5 Å². The van der Waals surface area contributed by atoms with E-state index in [9.17, 15) is 19.2 Å². The lowest BCUT2D eigenvalue weighted by Crippen LogP contribution is -2.52. The first kappa shape index (κ1) is 18.5. The van der Waals surface area contributed by atoms with Crippen molar-refractivity contribution in [2.24, 2.45) is 0 Å². The Kier molecular flexibility index (Phi) is 4.36. The van der Waals surface area contributed by atoms with Crippen LogP contribution in [0.15, 0.2) is 36.4 Å². The number of rotatable bonds is 3. The van der Waals surface area contributed by atoms with Crippen molar-refractivity contribution >= 4 is 29.3 Å². The molecule has 0 saturated carbocycles. The van der Waals surface area contributed by atoms with Gasteiger partial charge in [0, 0.05) is 42.9 Å². The third-order valence-corrected chi connectivity index (χ3v) is 5.97. The number of carbonyl (C=O) groups is 4. The predicted octanol–water partition coefficient (Wildman–Crippen LogP) is 1.30. The molecular weight excluding hydrogens is 384 g/mol. The maximum absolute atomic E-state index is 13.1. The van der Waals surface area contributed by atoms with Gasteiger partial charge in [0.2, 0.25) is 11.8 Å². The molecule has 0 spiro atoms. The fourth-order valence-electron chi connectivity index (χ4n) is 4.44. The van der Waals surface area contributed by atoms with E-state index in [-0.39, 0.29) is 37.1 Å². The van der Waals surface area contributed by atoms with E-state index in [2.05, 4.69) is 16.0 Å². The zero-order valence-corrected chi connectivity index (χ0v) is 16.2. The minimum atomic E-state index is -0.707. The fraction of sp³-hybridized carbons (Fsp3) is 0.273. The number of hydrogen-bond acceptors (Lipinski definition) is 5. The summed E-state index contributed by atoms with van der Waals surface area (Å²) in [5.41, 5.74) is 4.43. The monoisotopic (exact) mass is 404 g/mol. The van der Waals surface area contributed by atoms with Crippen molar-refractivity contribution in [3.05, 3.63) is 64.2 Å². The molecule has 0 aliphatic carbocycles. The lowest BCUT2D eigenvalue weighted by Gasteiger charge is -2.29. The van der Waals surface area contributed by atoms with Gasteiger partial charge in [0.15, 0.2) is 0 Å². The second-order valence-corrected chi connectivity index (χ2v) is 7.73. The smallest absolute Gasteiger partial charge is 0.256 e. The average Bonchev–Trinajstić information content (AvgIpc) is 3.33. The maximum Gasteiger partial charge on any atom is 0.256 e. The lowest BCUT2D eigenvalue weighted by atomic mass is 10.0. The first-order valence-corrected chi connectivity index (χ1v) is 9.92. The van der Waals surface area contributed by atoms with Crippen LogP contribution in [0.25, 0.3) is 0 Å². The largest absolute Gasteiger partial charge is 0.322 e. The molecule has 8 heteroatoms. The van der Waals surface area contributed by atoms with E-state index in [1.165, 1.54) is 4.90 Å². The molecule has 3 aliphatic rings. The van der Waals surface area contributed by atoms with Gasteiger partial charge in [-0.2, -0.15) is 0 Å². The third kappa shape index (κ3) is 2.96. The molecular formula is C22H20N4O4. The summed E-state index contributed by atoms with van der Waals surface area (Å²) >= 11 is 0. The zero-order chi connectivity index (χ0) is 20.8. The Labute approximate surface area is 172 Å². The number of piperidine rings is 1. The maximum atomic E-state index is 13.1. The summed E-state index contributed by atoms with van der Waals surface area (Å²) in [4.78, 5) is 51.2. The van der Waals surface area contributed by atoms with Crippen LogP contribution in [0.5, 0.6) is 0 Å². The number of fused-ring (bicyclic) bond motifs is 2. The summed E-state index contributed by atoms with van der Waals surface area (Å²) < 4.78 is 0. The topological polar surface area (TPSA) is 108 Å². The fourth-order valence-corrected chi connectivity index (χ4v) is 4.44. The Morgan fingerprint density at radius 1 is 1.03 bits per heavy atom. The first-order chi connectivity index (χ1) is 14.5. The van der Waals surface area contributed by atoms with Crippen LogP contribution in [-0.2, 0) is 29.2 Å². The number of carbonyl (C=O) groups excluding carboxylic acids is 4. The van der Waals surface area contributed by atoms with Gasteiger partial charge in [-0.15, -0.1) is 0 Å². The Morgan fingerprint density at radius 3 is 2.70 bits per heavy atom. The number of hydrogen-bond donors (Lipinski definition) is 3. The van der Waals surface area contributed by atoms with Crippen LogP contribution in [0.1, 0.15) is 50.2 Å². The average molecular weight is 404 g/mol. The Hall–Kier alpha value is -3.52. The number of amides is 4. The highest BCUT2D eigenvalue weighted by Gasteiger charge is 2.40. The van der Waals surface area contributed by atoms with Gasteiger partial charge in [-0.25, -0.2) is 0 Å². The first-order valence-electron chi connectivity index (χ1n) is 9.92. The molecule has 2 aromatic carbocycles. The molecule has 1 fully saturated rings. The van der Waals surface area contributed by atoms with Crippen LogP contribution in [-0.4, -0.2) is 34.6 Å². The highest BCUT2D eigenvalue weighted by molar-refractivity contribution is 6.10. The summed E-state index contributed by atoms with van der Waals surface area (Å²) in [6.45, 7) is 1.63. The van der Waals surface area contributed by atoms with Crippen LogP contribution in [0.3, 0.4) is 0 Å². The molecule has 30 heavy (non-hydrogen) atoms. The lowest BCUT2D eigenvalue weighted by molar-refractivity contribution is -0.136. The second kappa shape index (κ2) is 7.07. The zero-order valence-electron chi connectivity index (χ0n) is 16.2. The van der Waals surface area contributed by atoms with Crippen molar-refractivity contribution < 1.29 is 19.2 Å². The Bertz CT molecular complexity index is 1110. The van der Waals surface area contributed by atoms with Crippen molar-refractivity contribution in [3.8, 4) is 0 Å². The van der Waals surface area contributed by atoms with Crippen LogP contribution >= 0.6 is 0 Å². The van der Waals surface area contributed by atoms with Gasteiger partial charge in [-0.3, -0.25) is 24.5 Å². The summed E-state index contributed by atoms with van der Waals surface area (Å²) in [5.74, 6) is -1.37. The predicted molar refractivity (Wildman–Crippen MR) is 107 cm³/mol. The quantitative estimate of drug-likeness (QED) is 0.669. The molecule has 152 valence electrons. The molecule has 3 aliphatic heterocycles. The van der Waals surface area contributed by atoms with E-state index in [0.717, 1.165) is 23.4 Å². The highest BCUT2D eigenvalue weighted by Crippen LogP contribution is 2.31. The standard InChI is InChI=1S/C22H20N4O4/c27-19-8-7-18(21(29)25-19)26-11-16-13(4-2-5-14(16)22(26)30)20(28)24-17-6-1-3-12-9-23-10-15(12)17/h1-6,18,23H,7-11H2,(H,24,28)(H,25,27,29). The van der Waals surface area contributed by atoms with Crippen molar-refractivity contribution in [2.45, 2.75) is 38.5 Å². The van der Waals surface area contributed by atoms with E-state index in [0.29, 0.717) is 23.2 Å². The SMILES string of the molecule is O=C1CCC(N2Cc3c(C(=O)Nc4cccc5c4CNC5)cccc3C2=O)C(=O)N1. The molecule has 2 aromatic rings. The van der Waals surface area contributed by atoms with E-state index in [1.807, 2.05) is 18.2 Å². The molecule has 3 heterocycles. The van der Waals surface area contributed by atoms with Crippen molar-refractivity contribution in [2.75, 3.05) is 5.32 Å². The molecule has 8 nitrogen and oxygen atoms in total. The Balaban J connectivity index is 1.42. The number of imide groups is 1. The normalized spacial score (nSPS) is 20.1.